The fraction of sp³-hybridized carbons (Fsp3) is 0.143. The first-order valence-corrected chi connectivity index (χ1v) is 13.2. The second-order valence-corrected chi connectivity index (χ2v) is 10.9. The highest BCUT2D eigenvalue weighted by Crippen LogP contribution is 2.41. The Balaban J connectivity index is 1.63. The Morgan fingerprint density at radius 1 is 1.11 bits per heavy atom. The first-order valence-electron chi connectivity index (χ1n) is 11.3. The standard InChI is InChI=1S/C28H20BrClN2O2S/c1-34-23-13-9-19(29)14-18(23)15-24-27(33)32-26(17-6-10-20(30)11-7-17)22-12-8-16-4-2-3-5-21(16)25(22)31-28(32)35-24/h2-7,9-11,13-15,26H,8,12H2,1H3. The maximum atomic E-state index is 13.9. The van der Waals surface area contributed by atoms with E-state index in [0.717, 1.165) is 39.7 Å². The van der Waals surface area contributed by atoms with Gasteiger partial charge in [0.15, 0.2) is 4.80 Å². The summed E-state index contributed by atoms with van der Waals surface area (Å²) in [4.78, 5) is 19.6. The van der Waals surface area contributed by atoms with E-state index in [0.29, 0.717) is 20.1 Å². The molecular formula is C28H20BrClN2O2S. The lowest BCUT2D eigenvalue weighted by atomic mass is 9.83. The molecule has 1 aliphatic heterocycles. The normalized spacial score (nSPS) is 16.9. The van der Waals surface area contributed by atoms with Crippen LogP contribution in [-0.4, -0.2) is 11.7 Å². The topological polar surface area (TPSA) is 43.6 Å². The summed E-state index contributed by atoms with van der Waals surface area (Å²) in [5.74, 6) is 0.710. The predicted octanol–water partition coefficient (Wildman–Crippen LogP) is 5.74. The number of aryl methyl sites for hydroxylation is 1. The third kappa shape index (κ3) is 3.90. The van der Waals surface area contributed by atoms with E-state index in [2.05, 4.69) is 40.2 Å². The molecule has 2 heterocycles. The lowest BCUT2D eigenvalue weighted by molar-refractivity contribution is 0.413. The van der Waals surface area contributed by atoms with Crippen LogP contribution in [0.1, 0.15) is 34.7 Å². The number of hydrogen-bond acceptors (Lipinski definition) is 4. The Labute approximate surface area is 219 Å². The van der Waals surface area contributed by atoms with E-state index >= 15 is 0 Å². The summed E-state index contributed by atoms with van der Waals surface area (Å²) in [6.45, 7) is 0. The second-order valence-electron chi connectivity index (χ2n) is 8.55. The first kappa shape index (κ1) is 22.5. The van der Waals surface area contributed by atoms with Gasteiger partial charge in [-0.05, 0) is 65.9 Å². The summed E-state index contributed by atoms with van der Waals surface area (Å²) in [7, 11) is 1.63. The molecule has 7 heteroatoms. The number of rotatable bonds is 3. The second kappa shape index (κ2) is 8.94. The molecule has 6 rings (SSSR count). The van der Waals surface area contributed by atoms with Crippen molar-refractivity contribution in [3.63, 3.8) is 0 Å². The van der Waals surface area contributed by atoms with Crippen LogP contribution >= 0.6 is 38.9 Å². The predicted molar refractivity (Wildman–Crippen MR) is 145 cm³/mol. The lowest BCUT2D eigenvalue weighted by Gasteiger charge is -2.30. The number of methoxy groups -OCH3 is 1. The Morgan fingerprint density at radius 3 is 2.71 bits per heavy atom. The third-order valence-electron chi connectivity index (χ3n) is 6.54. The van der Waals surface area contributed by atoms with Crippen molar-refractivity contribution in [3.05, 3.63) is 124 Å². The zero-order valence-electron chi connectivity index (χ0n) is 18.8. The van der Waals surface area contributed by atoms with Crippen LogP contribution < -0.4 is 19.6 Å². The first-order chi connectivity index (χ1) is 17.0. The van der Waals surface area contributed by atoms with E-state index in [1.807, 2.05) is 53.1 Å². The third-order valence-corrected chi connectivity index (χ3v) is 8.27. The Bertz CT molecular complexity index is 1690. The lowest BCUT2D eigenvalue weighted by Crippen LogP contribution is -2.38. The summed E-state index contributed by atoms with van der Waals surface area (Å²) in [6.07, 6.45) is 3.67. The summed E-state index contributed by atoms with van der Waals surface area (Å²) >= 11 is 11.1. The van der Waals surface area contributed by atoms with Crippen LogP contribution in [0.15, 0.2) is 86.6 Å². The highest BCUT2D eigenvalue weighted by Gasteiger charge is 2.32. The number of ether oxygens (including phenoxy) is 1. The van der Waals surface area contributed by atoms with Gasteiger partial charge in [0.25, 0.3) is 5.56 Å². The Kier molecular flexibility index (Phi) is 5.75. The molecule has 0 amide bonds. The Hall–Kier alpha value is -2.93. The van der Waals surface area contributed by atoms with Gasteiger partial charge in [0.05, 0.1) is 23.4 Å². The van der Waals surface area contributed by atoms with Gasteiger partial charge in [0, 0.05) is 20.6 Å². The van der Waals surface area contributed by atoms with Crippen molar-refractivity contribution < 1.29 is 4.74 Å². The fourth-order valence-electron chi connectivity index (χ4n) is 4.93. The van der Waals surface area contributed by atoms with Crippen molar-refractivity contribution in [2.24, 2.45) is 4.99 Å². The van der Waals surface area contributed by atoms with Gasteiger partial charge >= 0.3 is 0 Å². The quantitative estimate of drug-likeness (QED) is 0.319. The van der Waals surface area contributed by atoms with Crippen molar-refractivity contribution >= 4 is 50.6 Å². The molecule has 2 aliphatic rings. The van der Waals surface area contributed by atoms with E-state index in [1.54, 1.807) is 7.11 Å². The van der Waals surface area contributed by atoms with Gasteiger partial charge in [-0.3, -0.25) is 9.36 Å². The monoisotopic (exact) mass is 562 g/mol. The average Bonchev–Trinajstić information content (AvgIpc) is 3.18. The SMILES string of the molecule is COc1ccc(Br)cc1C=c1sc2n(c1=O)C(c1ccc(Cl)cc1)C1=C(N=2)c2ccccc2CC1. The molecule has 0 fully saturated rings. The van der Waals surface area contributed by atoms with E-state index in [4.69, 9.17) is 21.3 Å². The molecule has 0 bridgehead atoms. The van der Waals surface area contributed by atoms with Gasteiger partial charge in [0.1, 0.15) is 5.75 Å². The largest absolute Gasteiger partial charge is 0.496 e. The Morgan fingerprint density at radius 2 is 1.91 bits per heavy atom. The zero-order valence-corrected chi connectivity index (χ0v) is 22.0. The maximum Gasteiger partial charge on any atom is 0.271 e. The average molecular weight is 564 g/mol. The van der Waals surface area contributed by atoms with Crippen molar-refractivity contribution in [1.29, 1.82) is 0 Å². The maximum absolute atomic E-state index is 13.9. The number of halogens is 2. The highest BCUT2D eigenvalue weighted by atomic mass is 79.9. The molecular weight excluding hydrogens is 544 g/mol. The van der Waals surface area contributed by atoms with Crippen molar-refractivity contribution in [2.45, 2.75) is 18.9 Å². The van der Waals surface area contributed by atoms with Crippen LogP contribution in [-0.2, 0) is 6.42 Å². The molecule has 0 N–H and O–H groups in total. The molecule has 4 aromatic rings. The van der Waals surface area contributed by atoms with Gasteiger partial charge in [-0.25, -0.2) is 4.99 Å². The van der Waals surface area contributed by atoms with E-state index in [1.165, 1.54) is 22.5 Å². The smallest absolute Gasteiger partial charge is 0.271 e. The minimum Gasteiger partial charge on any atom is -0.496 e. The van der Waals surface area contributed by atoms with Crippen LogP contribution in [0.3, 0.4) is 0 Å². The fourth-order valence-corrected chi connectivity index (χ4v) is 6.42. The van der Waals surface area contributed by atoms with Crippen LogP contribution in [0.5, 0.6) is 5.75 Å². The number of hydrogen-bond donors (Lipinski definition) is 0. The van der Waals surface area contributed by atoms with Crippen LogP contribution in [0.4, 0.5) is 0 Å². The van der Waals surface area contributed by atoms with Gasteiger partial charge in [0.2, 0.25) is 0 Å². The molecule has 4 nitrogen and oxygen atoms in total. The van der Waals surface area contributed by atoms with E-state index < -0.39 is 0 Å². The number of aromatic nitrogens is 1. The molecule has 1 aromatic heterocycles. The molecule has 1 atom stereocenters. The molecule has 0 radical (unpaired) electrons. The summed E-state index contributed by atoms with van der Waals surface area (Å²) in [5.41, 5.74) is 6.42. The molecule has 174 valence electrons. The molecule has 0 spiro atoms. The molecule has 35 heavy (non-hydrogen) atoms. The molecule has 1 unspecified atom stereocenters. The minimum absolute atomic E-state index is 0.0545. The summed E-state index contributed by atoms with van der Waals surface area (Å²) < 4.78 is 8.91. The van der Waals surface area contributed by atoms with Crippen molar-refractivity contribution in [2.75, 3.05) is 7.11 Å². The molecule has 1 aliphatic carbocycles. The van der Waals surface area contributed by atoms with Crippen LogP contribution in [0.2, 0.25) is 5.02 Å². The van der Waals surface area contributed by atoms with Gasteiger partial charge in [-0.1, -0.05) is 75.3 Å². The highest BCUT2D eigenvalue weighted by molar-refractivity contribution is 9.10. The van der Waals surface area contributed by atoms with Crippen molar-refractivity contribution in [3.8, 4) is 5.75 Å². The van der Waals surface area contributed by atoms with Gasteiger partial charge in [-0.2, -0.15) is 0 Å². The summed E-state index contributed by atoms with van der Waals surface area (Å²) in [6, 6.07) is 21.8. The van der Waals surface area contributed by atoms with Crippen LogP contribution in [0, 0.1) is 0 Å². The number of thiazole rings is 1. The number of allylic oxidation sites excluding steroid dienone is 1. The molecule has 3 aromatic carbocycles. The van der Waals surface area contributed by atoms with Crippen LogP contribution in [0.25, 0.3) is 11.8 Å². The number of fused-ring (bicyclic) bond motifs is 3. The number of benzene rings is 3. The van der Waals surface area contributed by atoms with Crippen molar-refractivity contribution in [1.82, 2.24) is 4.57 Å². The van der Waals surface area contributed by atoms with E-state index in [9.17, 15) is 4.79 Å². The van der Waals surface area contributed by atoms with E-state index in [-0.39, 0.29) is 11.6 Å². The minimum atomic E-state index is -0.224. The zero-order chi connectivity index (χ0) is 24.1. The number of nitrogens with zero attached hydrogens (tertiary/aromatic N) is 2. The van der Waals surface area contributed by atoms with Gasteiger partial charge < -0.3 is 4.74 Å². The molecule has 0 saturated carbocycles. The van der Waals surface area contributed by atoms with Gasteiger partial charge in [-0.15, -0.1) is 0 Å². The molecule has 0 saturated heterocycles. The summed E-state index contributed by atoms with van der Waals surface area (Å²) in [5, 5.41) is 0.672.